The molecule has 0 spiro atoms. The Balaban J connectivity index is 1.50. The first-order valence-corrected chi connectivity index (χ1v) is 11.4. The lowest BCUT2D eigenvalue weighted by atomic mass is 10.0. The number of hydrogen-bond donors (Lipinski definition) is 4. The maximum Gasteiger partial charge on any atom is 0.336 e. The molecule has 4 aromatic rings. The van der Waals surface area contributed by atoms with E-state index in [1.807, 2.05) is 0 Å². The Kier molecular flexibility index (Phi) is 7.57. The Bertz CT molecular complexity index is 1670. The second-order valence-electron chi connectivity index (χ2n) is 8.22. The highest BCUT2D eigenvalue weighted by Gasteiger charge is 2.19. The van der Waals surface area contributed by atoms with Gasteiger partial charge in [-0.25, -0.2) is 19.2 Å². The molecule has 4 N–H and O–H groups in total. The zero-order valence-corrected chi connectivity index (χ0v) is 20.2. The molecule has 0 heterocycles. The Labute approximate surface area is 225 Å². The van der Waals surface area contributed by atoms with Gasteiger partial charge in [-0.05, 0) is 72.8 Å². The van der Waals surface area contributed by atoms with Crippen molar-refractivity contribution in [1.29, 1.82) is 0 Å². The highest BCUT2D eigenvalue weighted by molar-refractivity contribution is 6.09. The Morgan fingerprint density at radius 3 is 1.32 bits per heavy atom. The number of hydrogen-bond acceptors (Lipinski definition) is 7. The first-order valence-electron chi connectivity index (χ1n) is 11.4. The van der Waals surface area contributed by atoms with E-state index in [0.717, 1.165) is 24.3 Å². The molecule has 4 rings (SSSR count). The van der Waals surface area contributed by atoms with Crippen LogP contribution in [-0.4, -0.2) is 50.1 Å². The van der Waals surface area contributed by atoms with Crippen molar-refractivity contribution < 1.29 is 53.9 Å². The average Bonchev–Trinajstić information content (AvgIpc) is 2.93. The quantitative estimate of drug-likeness (QED) is 0.191. The SMILES string of the molecule is O=C(c1ccc(Oc2ccc(C(=O)O)c(C(=O)O)c2)cc1)c1cccc(Oc2ccc(C(=O)O)c(C(=O)O)c2)c1. The fourth-order valence-electron chi connectivity index (χ4n) is 3.71. The third-order valence-corrected chi connectivity index (χ3v) is 5.59. The van der Waals surface area contributed by atoms with Gasteiger partial charge in [0.25, 0.3) is 0 Å². The van der Waals surface area contributed by atoms with Crippen molar-refractivity contribution in [1.82, 2.24) is 0 Å². The largest absolute Gasteiger partial charge is 0.478 e. The number of carbonyl (C=O) groups excluding carboxylic acids is 1. The summed E-state index contributed by atoms with van der Waals surface area (Å²) < 4.78 is 11.3. The molecule has 0 fully saturated rings. The molecule has 0 aliphatic rings. The Morgan fingerprint density at radius 1 is 0.425 bits per heavy atom. The lowest BCUT2D eigenvalue weighted by Gasteiger charge is -2.10. The smallest absolute Gasteiger partial charge is 0.336 e. The van der Waals surface area contributed by atoms with Gasteiger partial charge in [-0.2, -0.15) is 0 Å². The van der Waals surface area contributed by atoms with Crippen molar-refractivity contribution >= 4 is 29.7 Å². The third kappa shape index (κ3) is 5.94. The second kappa shape index (κ2) is 11.2. The molecule has 0 aliphatic carbocycles. The van der Waals surface area contributed by atoms with Gasteiger partial charge in [-0.3, -0.25) is 4.79 Å². The van der Waals surface area contributed by atoms with Crippen LogP contribution < -0.4 is 9.47 Å². The zero-order chi connectivity index (χ0) is 29.0. The van der Waals surface area contributed by atoms with E-state index in [-0.39, 0.29) is 45.5 Å². The van der Waals surface area contributed by atoms with E-state index in [4.69, 9.17) is 19.7 Å². The predicted octanol–water partition coefficient (Wildman–Crippen LogP) is 5.30. The maximum absolute atomic E-state index is 13.0. The van der Waals surface area contributed by atoms with Crippen molar-refractivity contribution in [3.8, 4) is 23.0 Å². The Morgan fingerprint density at radius 2 is 0.850 bits per heavy atom. The minimum atomic E-state index is -1.43. The number of carboxylic acids is 4. The van der Waals surface area contributed by atoms with Crippen LogP contribution in [0.15, 0.2) is 84.9 Å². The molecule has 0 aliphatic heterocycles. The average molecular weight is 542 g/mol. The van der Waals surface area contributed by atoms with Gasteiger partial charge in [0.05, 0.1) is 22.3 Å². The third-order valence-electron chi connectivity index (χ3n) is 5.59. The molecule has 0 atom stereocenters. The van der Waals surface area contributed by atoms with E-state index in [9.17, 15) is 34.2 Å². The maximum atomic E-state index is 13.0. The minimum Gasteiger partial charge on any atom is -0.478 e. The summed E-state index contributed by atoms with van der Waals surface area (Å²) in [7, 11) is 0. The number of carbonyl (C=O) groups is 5. The van der Waals surface area contributed by atoms with Crippen LogP contribution in [0.25, 0.3) is 0 Å². The molecule has 0 saturated carbocycles. The molecule has 11 heteroatoms. The molecule has 200 valence electrons. The fourth-order valence-corrected chi connectivity index (χ4v) is 3.71. The van der Waals surface area contributed by atoms with Crippen LogP contribution in [0.2, 0.25) is 0 Å². The van der Waals surface area contributed by atoms with E-state index < -0.39 is 40.6 Å². The van der Waals surface area contributed by atoms with Crippen molar-refractivity contribution in [2.45, 2.75) is 0 Å². The highest BCUT2D eigenvalue weighted by atomic mass is 16.5. The number of ketones is 1. The van der Waals surface area contributed by atoms with E-state index in [1.165, 1.54) is 42.5 Å². The molecule has 0 aromatic heterocycles. The summed E-state index contributed by atoms with van der Waals surface area (Å²) in [6.45, 7) is 0. The van der Waals surface area contributed by atoms with E-state index in [1.54, 1.807) is 18.2 Å². The van der Waals surface area contributed by atoms with Crippen molar-refractivity contribution in [2.24, 2.45) is 0 Å². The standard InChI is InChI=1S/C29H18O11/c30-25(15-4-6-17(7-5-15)39-19-8-10-21(26(31)32)23(13-19)28(35)36)16-2-1-3-18(12-16)40-20-9-11-22(27(33)34)24(14-20)29(37)38/h1-14H,(H,31,32)(H,33,34)(H,35,36)(H,37,38). The molecule has 4 aromatic carbocycles. The normalized spacial score (nSPS) is 10.4. The van der Waals surface area contributed by atoms with Gasteiger partial charge in [0.15, 0.2) is 5.78 Å². The number of aromatic carboxylic acids is 4. The van der Waals surface area contributed by atoms with Gasteiger partial charge in [0, 0.05) is 11.1 Å². The summed E-state index contributed by atoms with van der Waals surface area (Å²) >= 11 is 0. The van der Waals surface area contributed by atoms with Crippen molar-refractivity contribution in [3.63, 3.8) is 0 Å². The van der Waals surface area contributed by atoms with Gasteiger partial charge in [-0.15, -0.1) is 0 Å². The van der Waals surface area contributed by atoms with Crippen LogP contribution in [0.3, 0.4) is 0 Å². The molecule has 0 bridgehead atoms. The minimum absolute atomic E-state index is 0.0657. The zero-order valence-electron chi connectivity index (χ0n) is 20.2. The van der Waals surface area contributed by atoms with E-state index in [2.05, 4.69) is 0 Å². The van der Waals surface area contributed by atoms with Crippen LogP contribution in [-0.2, 0) is 0 Å². The van der Waals surface area contributed by atoms with Gasteiger partial charge in [0.1, 0.15) is 23.0 Å². The fraction of sp³-hybridized carbons (Fsp3) is 0. The van der Waals surface area contributed by atoms with Gasteiger partial charge in [-0.1, -0.05) is 12.1 Å². The van der Waals surface area contributed by atoms with Gasteiger partial charge >= 0.3 is 23.9 Å². The van der Waals surface area contributed by atoms with Crippen molar-refractivity contribution in [3.05, 3.63) is 118 Å². The van der Waals surface area contributed by atoms with Gasteiger partial charge < -0.3 is 29.9 Å². The van der Waals surface area contributed by atoms with E-state index >= 15 is 0 Å². The van der Waals surface area contributed by atoms with Crippen LogP contribution in [0.1, 0.15) is 57.4 Å². The summed E-state index contributed by atoms with van der Waals surface area (Å²) in [5, 5.41) is 36.9. The van der Waals surface area contributed by atoms with Gasteiger partial charge in [0.2, 0.25) is 0 Å². The molecule has 0 saturated heterocycles. The molecular weight excluding hydrogens is 524 g/mol. The second-order valence-corrected chi connectivity index (χ2v) is 8.22. The number of benzene rings is 4. The number of ether oxygens (including phenoxy) is 2. The summed E-state index contributed by atoms with van der Waals surface area (Å²) in [5.41, 5.74) is -1.12. The summed E-state index contributed by atoms with van der Waals surface area (Å²) in [6, 6.07) is 19.0. The summed E-state index contributed by atoms with van der Waals surface area (Å²) in [4.78, 5) is 58.3. The Hall–Kier alpha value is -5.97. The molecule has 0 unspecified atom stereocenters. The lowest BCUT2D eigenvalue weighted by Crippen LogP contribution is -2.08. The first-order chi connectivity index (χ1) is 19.0. The first kappa shape index (κ1) is 27.1. The molecule has 0 amide bonds. The topological polar surface area (TPSA) is 185 Å². The lowest BCUT2D eigenvalue weighted by molar-refractivity contribution is 0.0651. The van der Waals surface area contributed by atoms with Crippen LogP contribution in [0.4, 0.5) is 0 Å². The number of carboxylic acid groups (broad SMARTS) is 4. The number of rotatable bonds is 10. The van der Waals surface area contributed by atoms with Crippen LogP contribution >= 0.6 is 0 Å². The summed E-state index contributed by atoms with van der Waals surface area (Å²) in [5.74, 6) is -5.37. The summed E-state index contributed by atoms with van der Waals surface area (Å²) in [6.07, 6.45) is 0. The molecule has 40 heavy (non-hydrogen) atoms. The van der Waals surface area contributed by atoms with Crippen LogP contribution in [0, 0.1) is 0 Å². The molecular formula is C29H18O11. The molecule has 0 radical (unpaired) electrons. The molecule has 11 nitrogen and oxygen atoms in total. The van der Waals surface area contributed by atoms with E-state index in [0.29, 0.717) is 0 Å². The predicted molar refractivity (Wildman–Crippen MR) is 137 cm³/mol. The highest BCUT2D eigenvalue weighted by Crippen LogP contribution is 2.28. The van der Waals surface area contributed by atoms with Crippen molar-refractivity contribution in [2.75, 3.05) is 0 Å². The van der Waals surface area contributed by atoms with Crippen LogP contribution in [0.5, 0.6) is 23.0 Å². The monoisotopic (exact) mass is 542 g/mol.